The molecule has 3 rings (SSSR count). The van der Waals surface area contributed by atoms with Gasteiger partial charge < -0.3 is 9.30 Å². The molecule has 0 spiro atoms. The van der Waals surface area contributed by atoms with E-state index < -0.39 is 0 Å². The molecule has 3 aromatic rings. The van der Waals surface area contributed by atoms with Crippen molar-refractivity contribution in [1.82, 2.24) is 4.57 Å². The average Bonchev–Trinajstić information content (AvgIpc) is 2.70. The Labute approximate surface area is 114 Å². The summed E-state index contributed by atoms with van der Waals surface area (Å²) >= 11 is 3.56. The minimum absolute atomic E-state index is 0.876. The highest BCUT2D eigenvalue weighted by Crippen LogP contribution is 2.36. The number of aromatic nitrogens is 1. The van der Waals surface area contributed by atoms with E-state index >= 15 is 0 Å². The van der Waals surface area contributed by atoms with Gasteiger partial charge in [-0.25, -0.2) is 0 Å². The van der Waals surface area contributed by atoms with Crippen LogP contribution in [0.4, 0.5) is 0 Å². The second-order valence-corrected chi connectivity index (χ2v) is 5.12. The fraction of sp³-hybridized carbons (Fsp3) is 0.200. The van der Waals surface area contributed by atoms with Crippen LogP contribution in [0.1, 0.15) is 6.92 Å². The molecule has 0 aliphatic heterocycles. The molecule has 0 saturated heterocycles. The van der Waals surface area contributed by atoms with Crippen molar-refractivity contribution in [1.29, 1.82) is 0 Å². The minimum Gasteiger partial charge on any atom is -0.496 e. The van der Waals surface area contributed by atoms with E-state index in [4.69, 9.17) is 4.74 Å². The Morgan fingerprint density at radius 2 is 1.89 bits per heavy atom. The average molecular weight is 304 g/mol. The number of rotatable bonds is 2. The first-order valence-electron chi connectivity index (χ1n) is 6.00. The number of benzene rings is 2. The smallest absolute Gasteiger partial charge is 0.133 e. The summed E-state index contributed by atoms with van der Waals surface area (Å²) in [5.41, 5.74) is 2.52. The van der Waals surface area contributed by atoms with Crippen LogP contribution in [0.2, 0.25) is 0 Å². The first kappa shape index (κ1) is 11.6. The zero-order chi connectivity index (χ0) is 12.7. The maximum absolute atomic E-state index is 5.39. The van der Waals surface area contributed by atoms with Crippen LogP contribution in [-0.4, -0.2) is 11.7 Å². The molecule has 92 valence electrons. The van der Waals surface area contributed by atoms with E-state index in [1.54, 1.807) is 7.11 Å². The molecule has 0 fully saturated rings. The van der Waals surface area contributed by atoms with Gasteiger partial charge in [0.15, 0.2) is 0 Å². The van der Waals surface area contributed by atoms with E-state index in [9.17, 15) is 0 Å². The van der Waals surface area contributed by atoms with Gasteiger partial charge >= 0.3 is 0 Å². The molecular formula is C15H14BrNO. The molecule has 1 aromatic heterocycles. The molecule has 2 aromatic carbocycles. The lowest BCUT2D eigenvalue weighted by Crippen LogP contribution is -1.93. The largest absolute Gasteiger partial charge is 0.496 e. The number of aryl methyl sites for hydroxylation is 1. The lowest BCUT2D eigenvalue weighted by molar-refractivity contribution is 0.413. The van der Waals surface area contributed by atoms with Crippen molar-refractivity contribution < 1.29 is 4.74 Å². The summed E-state index contributed by atoms with van der Waals surface area (Å²) in [4.78, 5) is 0. The molecule has 0 atom stereocenters. The Hall–Kier alpha value is -1.48. The van der Waals surface area contributed by atoms with Gasteiger partial charge in [-0.2, -0.15) is 0 Å². The molecule has 1 heterocycles. The molecule has 0 N–H and O–H groups in total. The van der Waals surface area contributed by atoms with Crippen molar-refractivity contribution in [2.45, 2.75) is 13.5 Å². The predicted octanol–water partition coefficient (Wildman–Crippen LogP) is 4.59. The molecular weight excluding hydrogens is 290 g/mol. The number of hydrogen-bond acceptors (Lipinski definition) is 1. The van der Waals surface area contributed by atoms with Gasteiger partial charge in [0.05, 0.1) is 17.1 Å². The highest BCUT2D eigenvalue weighted by atomic mass is 79.9. The number of halogens is 1. The van der Waals surface area contributed by atoms with Crippen molar-refractivity contribution in [2.75, 3.05) is 7.11 Å². The summed E-state index contributed by atoms with van der Waals surface area (Å²) in [5.74, 6) is 0.876. The third kappa shape index (κ3) is 1.54. The van der Waals surface area contributed by atoms with E-state index in [-0.39, 0.29) is 0 Å². The van der Waals surface area contributed by atoms with Crippen molar-refractivity contribution in [3.05, 3.63) is 40.9 Å². The number of ether oxygens (including phenoxy) is 1. The van der Waals surface area contributed by atoms with Gasteiger partial charge in [-0.3, -0.25) is 0 Å². The number of fused-ring (bicyclic) bond motifs is 3. The predicted molar refractivity (Wildman–Crippen MR) is 79.4 cm³/mol. The van der Waals surface area contributed by atoms with E-state index in [1.807, 2.05) is 0 Å². The summed E-state index contributed by atoms with van der Waals surface area (Å²) in [7, 11) is 1.70. The van der Waals surface area contributed by atoms with E-state index in [1.165, 1.54) is 21.8 Å². The number of methoxy groups -OCH3 is 1. The molecule has 0 saturated carbocycles. The van der Waals surface area contributed by atoms with Crippen LogP contribution in [0.5, 0.6) is 5.75 Å². The molecule has 0 bridgehead atoms. The van der Waals surface area contributed by atoms with Gasteiger partial charge in [0, 0.05) is 22.8 Å². The first-order chi connectivity index (χ1) is 8.76. The Morgan fingerprint density at radius 3 is 2.61 bits per heavy atom. The van der Waals surface area contributed by atoms with Gasteiger partial charge in [-0.1, -0.05) is 18.2 Å². The molecule has 0 amide bonds. The lowest BCUT2D eigenvalue weighted by atomic mass is 10.1. The molecule has 0 aliphatic carbocycles. The van der Waals surface area contributed by atoms with Gasteiger partial charge in [0.1, 0.15) is 5.75 Å². The lowest BCUT2D eigenvalue weighted by Gasteiger charge is -2.06. The summed E-state index contributed by atoms with van der Waals surface area (Å²) in [5, 5.41) is 2.52. The van der Waals surface area contributed by atoms with Crippen LogP contribution < -0.4 is 4.74 Å². The zero-order valence-electron chi connectivity index (χ0n) is 10.4. The highest BCUT2D eigenvalue weighted by Gasteiger charge is 2.12. The summed E-state index contributed by atoms with van der Waals surface area (Å²) in [6, 6.07) is 12.7. The Morgan fingerprint density at radius 1 is 1.11 bits per heavy atom. The third-order valence-corrected chi connectivity index (χ3v) is 3.98. The van der Waals surface area contributed by atoms with Crippen LogP contribution in [-0.2, 0) is 6.54 Å². The van der Waals surface area contributed by atoms with E-state index in [2.05, 4.69) is 63.8 Å². The van der Waals surface area contributed by atoms with Gasteiger partial charge in [-0.05, 0) is 41.1 Å². The maximum atomic E-state index is 5.39. The monoisotopic (exact) mass is 303 g/mol. The third-order valence-electron chi connectivity index (χ3n) is 3.36. The van der Waals surface area contributed by atoms with Crippen LogP contribution in [0.15, 0.2) is 40.9 Å². The topological polar surface area (TPSA) is 14.2 Å². The van der Waals surface area contributed by atoms with Crippen molar-refractivity contribution in [2.24, 2.45) is 0 Å². The van der Waals surface area contributed by atoms with Gasteiger partial charge in [-0.15, -0.1) is 0 Å². The zero-order valence-corrected chi connectivity index (χ0v) is 12.0. The summed E-state index contributed by atoms with van der Waals surface area (Å²) in [6.45, 7) is 3.13. The molecule has 18 heavy (non-hydrogen) atoms. The molecule has 3 heteroatoms. The van der Waals surface area contributed by atoms with E-state index in [0.29, 0.717) is 0 Å². The molecule has 2 nitrogen and oxygen atoms in total. The molecule has 0 aliphatic rings. The van der Waals surface area contributed by atoms with Crippen molar-refractivity contribution >= 4 is 37.7 Å². The molecule has 0 unspecified atom stereocenters. The van der Waals surface area contributed by atoms with Gasteiger partial charge in [0.25, 0.3) is 0 Å². The van der Waals surface area contributed by atoms with E-state index in [0.717, 1.165) is 16.8 Å². The Balaban J connectivity index is 2.52. The highest BCUT2D eigenvalue weighted by molar-refractivity contribution is 9.10. The number of hydrogen-bond donors (Lipinski definition) is 0. The normalized spacial score (nSPS) is 11.3. The summed E-state index contributed by atoms with van der Waals surface area (Å²) in [6.07, 6.45) is 0. The SMILES string of the molecule is CCn1c2ccccc2c2cc(OC)c(Br)cc21. The summed E-state index contributed by atoms with van der Waals surface area (Å²) < 4.78 is 8.71. The quantitative estimate of drug-likeness (QED) is 0.675. The van der Waals surface area contributed by atoms with Crippen LogP contribution >= 0.6 is 15.9 Å². The van der Waals surface area contributed by atoms with Gasteiger partial charge in [0.2, 0.25) is 0 Å². The maximum Gasteiger partial charge on any atom is 0.133 e. The second kappa shape index (κ2) is 4.32. The Kier molecular flexibility index (Phi) is 2.78. The first-order valence-corrected chi connectivity index (χ1v) is 6.80. The van der Waals surface area contributed by atoms with Crippen LogP contribution in [0.3, 0.4) is 0 Å². The minimum atomic E-state index is 0.876. The van der Waals surface area contributed by atoms with Crippen molar-refractivity contribution in [3.63, 3.8) is 0 Å². The fourth-order valence-electron chi connectivity index (χ4n) is 2.55. The second-order valence-electron chi connectivity index (χ2n) is 4.27. The number of para-hydroxylation sites is 1. The fourth-order valence-corrected chi connectivity index (χ4v) is 3.04. The molecule has 0 radical (unpaired) electrons. The van der Waals surface area contributed by atoms with Crippen LogP contribution in [0, 0.1) is 0 Å². The Bertz CT molecular complexity index is 730. The van der Waals surface area contributed by atoms with Crippen molar-refractivity contribution in [3.8, 4) is 5.75 Å². The standard InChI is InChI=1S/C15H14BrNO/c1-3-17-13-7-5-4-6-10(13)11-8-15(18-2)12(16)9-14(11)17/h4-9H,3H2,1-2H3. The van der Waals surface area contributed by atoms with Crippen LogP contribution in [0.25, 0.3) is 21.8 Å². The number of nitrogens with zero attached hydrogens (tertiary/aromatic N) is 1.